The Morgan fingerprint density at radius 2 is 2.29 bits per heavy atom. The molecule has 92 valence electrons. The van der Waals surface area contributed by atoms with Gasteiger partial charge in [0.25, 0.3) is 15.8 Å². The molecule has 0 spiro atoms. The fourth-order valence-corrected chi connectivity index (χ4v) is 2.33. The lowest BCUT2D eigenvalue weighted by Gasteiger charge is -2.12. The molecule has 7 nitrogen and oxygen atoms in total. The van der Waals surface area contributed by atoms with E-state index in [4.69, 9.17) is 5.14 Å². The van der Waals surface area contributed by atoms with Gasteiger partial charge in [-0.25, -0.2) is 10.1 Å². The number of rotatable bonds is 3. The number of thiophene rings is 1. The van der Waals surface area contributed by atoms with Crippen molar-refractivity contribution in [3.63, 3.8) is 0 Å². The molecule has 2 aromatic heterocycles. The maximum absolute atomic E-state index is 11.6. The van der Waals surface area contributed by atoms with Crippen molar-refractivity contribution in [2.75, 3.05) is 7.05 Å². The number of hydrogen-bond donors (Lipinski definition) is 2. The molecule has 0 fully saturated rings. The number of aromatic amines is 1. The van der Waals surface area contributed by atoms with Crippen molar-refractivity contribution in [2.45, 2.75) is 6.54 Å². The standard InChI is InChI=1S/C8H10N4O3S2/c1-12(17(9,14)15)4-6-10-5-2-3-16-7(5)8(13)11-6/h2-3H,4H2,1H3,(H2,9,14,15)(H,10,11,13). The molecule has 0 atom stereocenters. The number of nitrogens with zero attached hydrogens (tertiary/aromatic N) is 2. The summed E-state index contributed by atoms with van der Waals surface area (Å²) in [6, 6.07) is 1.70. The van der Waals surface area contributed by atoms with Gasteiger partial charge in [-0.1, -0.05) is 0 Å². The number of hydrogen-bond acceptors (Lipinski definition) is 5. The maximum Gasteiger partial charge on any atom is 0.277 e. The van der Waals surface area contributed by atoms with Gasteiger partial charge in [0.1, 0.15) is 10.5 Å². The minimum atomic E-state index is -3.78. The van der Waals surface area contributed by atoms with Gasteiger partial charge in [-0.05, 0) is 11.4 Å². The molecule has 0 radical (unpaired) electrons. The van der Waals surface area contributed by atoms with Crippen LogP contribution in [0.2, 0.25) is 0 Å². The lowest BCUT2D eigenvalue weighted by Crippen LogP contribution is -2.33. The molecular weight excluding hydrogens is 264 g/mol. The minimum absolute atomic E-state index is 0.0696. The van der Waals surface area contributed by atoms with Crippen molar-refractivity contribution in [1.29, 1.82) is 0 Å². The molecule has 0 unspecified atom stereocenters. The van der Waals surface area contributed by atoms with Crippen molar-refractivity contribution in [2.24, 2.45) is 5.14 Å². The topological polar surface area (TPSA) is 109 Å². The summed E-state index contributed by atoms with van der Waals surface area (Å²) in [7, 11) is -2.47. The van der Waals surface area contributed by atoms with Crippen LogP contribution in [0.3, 0.4) is 0 Å². The van der Waals surface area contributed by atoms with E-state index in [-0.39, 0.29) is 17.9 Å². The zero-order valence-electron chi connectivity index (χ0n) is 8.87. The quantitative estimate of drug-likeness (QED) is 0.795. The number of nitrogens with one attached hydrogen (secondary N) is 1. The van der Waals surface area contributed by atoms with Crippen LogP contribution in [0.5, 0.6) is 0 Å². The number of aromatic nitrogens is 2. The summed E-state index contributed by atoms with van der Waals surface area (Å²) in [6.07, 6.45) is 0. The second-order valence-electron chi connectivity index (χ2n) is 3.45. The SMILES string of the molecule is CN(Cc1nc2ccsc2c(=O)[nH]1)S(N)(=O)=O. The predicted molar refractivity (Wildman–Crippen MR) is 64.8 cm³/mol. The van der Waals surface area contributed by atoms with Gasteiger partial charge in [0.05, 0.1) is 12.1 Å². The minimum Gasteiger partial charge on any atom is -0.308 e. The van der Waals surface area contributed by atoms with Crippen LogP contribution in [0.15, 0.2) is 16.2 Å². The molecule has 0 aliphatic carbocycles. The van der Waals surface area contributed by atoms with Crippen LogP contribution in [0.1, 0.15) is 5.82 Å². The first-order valence-electron chi connectivity index (χ1n) is 4.58. The van der Waals surface area contributed by atoms with Gasteiger partial charge in [-0.15, -0.1) is 11.3 Å². The van der Waals surface area contributed by atoms with Gasteiger partial charge >= 0.3 is 0 Å². The van der Waals surface area contributed by atoms with Crippen LogP contribution in [0.4, 0.5) is 0 Å². The second-order valence-corrected chi connectivity index (χ2v) is 6.02. The van der Waals surface area contributed by atoms with Crippen LogP contribution < -0.4 is 10.7 Å². The first-order valence-corrected chi connectivity index (χ1v) is 6.96. The van der Waals surface area contributed by atoms with E-state index in [0.717, 1.165) is 4.31 Å². The predicted octanol–water partition coefficient (Wildman–Crippen LogP) is -0.380. The van der Waals surface area contributed by atoms with Gasteiger partial charge in [-0.3, -0.25) is 4.79 Å². The fourth-order valence-electron chi connectivity index (χ4n) is 1.30. The van der Waals surface area contributed by atoms with E-state index in [0.29, 0.717) is 10.2 Å². The Kier molecular flexibility index (Phi) is 3.00. The Labute approximate surface area is 101 Å². The monoisotopic (exact) mass is 274 g/mol. The number of fused-ring (bicyclic) bond motifs is 1. The summed E-state index contributed by atoms with van der Waals surface area (Å²) in [5, 5.41) is 6.69. The van der Waals surface area contributed by atoms with E-state index in [9.17, 15) is 13.2 Å². The van der Waals surface area contributed by atoms with Crippen LogP contribution in [-0.4, -0.2) is 29.7 Å². The maximum atomic E-state index is 11.6. The molecule has 0 amide bonds. The summed E-state index contributed by atoms with van der Waals surface area (Å²) in [6.45, 7) is -0.0696. The molecule has 0 aromatic carbocycles. The summed E-state index contributed by atoms with van der Waals surface area (Å²) in [5.74, 6) is 0.262. The van der Waals surface area contributed by atoms with Crippen molar-refractivity contribution in [3.8, 4) is 0 Å². The van der Waals surface area contributed by atoms with Crippen molar-refractivity contribution in [1.82, 2.24) is 14.3 Å². The average Bonchev–Trinajstić information content (AvgIpc) is 2.64. The highest BCUT2D eigenvalue weighted by atomic mass is 32.2. The lowest BCUT2D eigenvalue weighted by atomic mass is 10.4. The zero-order valence-corrected chi connectivity index (χ0v) is 10.5. The Morgan fingerprint density at radius 1 is 1.59 bits per heavy atom. The molecule has 0 saturated carbocycles. The van der Waals surface area contributed by atoms with Gasteiger partial charge in [0, 0.05) is 7.05 Å². The third kappa shape index (κ3) is 2.52. The molecule has 17 heavy (non-hydrogen) atoms. The number of H-pyrrole nitrogens is 1. The Hall–Kier alpha value is -1.29. The fraction of sp³-hybridized carbons (Fsp3) is 0.250. The third-order valence-electron chi connectivity index (χ3n) is 2.17. The molecule has 2 heterocycles. The normalized spacial score (nSPS) is 12.4. The Balaban J connectivity index is 2.40. The average molecular weight is 274 g/mol. The summed E-state index contributed by atoms with van der Waals surface area (Å²) < 4.78 is 23.5. The highest BCUT2D eigenvalue weighted by Crippen LogP contribution is 2.14. The van der Waals surface area contributed by atoms with E-state index in [1.165, 1.54) is 18.4 Å². The first-order chi connectivity index (χ1) is 7.88. The van der Waals surface area contributed by atoms with E-state index < -0.39 is 10.2 Å². The zero-order chi connectivity index (χ0) is 12.6. The highest BCUT2D eigenvalue weighted by Gasteiger charge is 2.14. The van der Waals surface area contributed by atoms with Crippen molar-refractivity contribution < 1.29 is 8.42 Å². The van der Waals surface area contributed by atoms with Crippen molar-refractivity contribution >= 4 is 31.8 Å². The van der Waals surface area contributed by atoms with Gasteiger partial charge < -0.3 is 4.98 Å². The molecule has 2 aromatic rings. The van der Waals surface area contributed by atoms with E-state index in [1.54, 1.807) is 11.4 Å². The van der Waals surface area contributed by atoms with Gasteiger partial charge in [-0.2, -0.15) is 12.7 Å². The van der Waals surface area contributed by atoms with Gasteiger partial charge in [0.2, 0.25) is 0 Å². The molecule has 0 saturated heterocycles. The van der Waals surface area contributed by atoms with E-state index in [2.05, 4.69) is 9.97 Å². The molecule has 0 aliphatic heterocycles. The third-order valence-corrected chi connectivity index (χ3v) is 4.07. The summed E-state index contributed by atoms with van der Waals surface area (Å²) >= 11 is 1.28. The van der Waals surface area contributed by atoms with E-state index >= 15 is 0 Å². The molecule has 3 N–H and O–H groups in total. The van der Waals surface area contributed by atoms with Crippen LogP contribution in [0, 0.1) is 0 Å². The smallest absolute Gasteiger partial charge is 0.277 e. The molecule has 9 heteroatoms. The second kappa shape index (κ2) is 4.18. The van der Waals surface area contributed by atoms with E-state index in [1.807, 2.05) is 0 Å². The van der Waals surface area contributed by atoms with Crippen molar-refractivity contribution in [3.05, 3.63) is 27.6 Å². The first kappa shape index (κ1) is 12.2. The largest absolute Gasteiger partial charge is 0.308 e. The molecule has 0 aliphatic rings. The van der Waals surface area contributed by atoms with Crippen LogP contribution in [0.25, 0.3) is 10.2 Å². The molecular formula is C8H10N4O3S2. The van der Waals surface area contributed by atoms with Gasteiger partial charge in [0.15, 0.2) is 0 Å². The molecule has 2 rings (SSSR count). The van der Waals surface area contributed by atoms with Crippen LogP contribution in [-0.2, 0) is 16.8 Å². The van der Waals surface area contributed by atoms with Crippen LogP contribution >= 0.6 is 11.3 Å². The number of nitrogens with two attached hydrogens (primary N) is 1. The highest BCUT2D eigenvalue weighted by molar-refractivity contribution is 7.86. The lowest BCUT2D eigenvalue weighted by molar-refractivity contribution is 0.458. The summed E-state index contributed by atoms with van der Waals surface area (Å²) in [4.78, 5) is 18.3. The Bertz CT molecular complexity index is 703. The Morgan fingerprint density at radius 3 is 2.94 bits per heavy atom. The summed E-state index contributed by atoms with van der Waals surface area (Å²) in [5.41, 5.74) is 0.277. The molecule has 0 bridgehead atoms.